The van der Waals surface area contributed by atoms with Gasteiger partial charge in [-0.25, -0.2) is 0 Å². The highest BCUT2D eigenvalue weighted by atomic mass is 35.5. The van der Waals surface area contributed by atoms with Crippen molar-refractivity contribution in [1.82, 2.24) is 4.90 Å². The molecule has 0 amide bonds. The molecule has 0 bridgehead atoms. The number of likely N-dealkylation sites (N-methyl/N-ethyl adjacent to an activating group) is 1. The molecule has 0 aromatic heterocycles. The normalized spacial score (nSPS) is 13.4. The van der Waals surface area contributed by atoms with Crippen LogP contribution in [0.15, 0.2) is 54.6 Å². The number of hydrogen-bond acceptors (Lipinski definition) is 1. The van der Waals surface area contributed by atoms with Crippen LogP contribution in [-0.2, 0) is 12.7 Å². The second-order valence-corrected chi connectivity index (χ2v) is 5.80. The standard InChI is InChI=1S/C17H17ClF3N/c1-22(11-13-6-3-2-4-7-13)12-16(18)14-8-5-9-15(10-14)17(19,20)21/h2-10,16H,11-12H2,1H3/t16-/m1/s1. The average Bonchev–Trinajstić information content (AvgIpc) is 2.47. The summed E-state index contributed by atoms with van der Waals surface area (Å²) in [6, 6.07) is 15.1. The lowest BCUT2D eigenvalue weighted by Crippen LogP contribution is -2.22. The maximum atomic E-state index is 12.7. The summed E-state index contributed by atoms with van der Waals surface area (Å²) < 4.78 is 38.2. The SMILES string of the molecule is CN(Cc1ccccc1)C[C@@H](Cl)c1cccc(C(F)(F)F)c1. The largest absolute Gasteiger partial charge is 0.416 e. The summed E-state index contributed by atoms with van der Waals surface area (Å²) in [5.41, 5.74) is 0.954. The average molecular weight is 328 g/mol. The van der Waals surface area contributed by atoms with E-state index in [-0.39, 0.29) is 0 Å². The minimum Gasteiger partial charge on any atom is -0.300 e. The van der Waals surface area contributed by atoms with E-state index in [0.29, 0.717) is 18.7 Å². The molecular weight excluding hydrogens is 311 g/mol. The van der Waals surface area contributed by atoms with E-state index in [9.17, 15) is 13.2 Å². The summed E-state index contributed by atoms with van der Waals surface area (Å²) >= 11 is 6.28. The van der Waals surface area contributed by atoms with Crippen molar-refractivity contribution in [2.24, 2.45) is 0 Å². The first-order chi connectivity index (χ1) is 10.4. The smallest absolute Gasteiger partial charge is 0.300 e. The Kier molecular flexibility index (Phi) is 5.48. The molecule has 2 aromatic rings. The third-order valence-electron chi connectivity index (χ3n) is 3.34. The van der Waals surface area contributed by atoms with Gasteiger partial charge in [0.05, 0.1) is 10.9 Å². The highest BCUT2D eigenvalue weighted by Gasteiger charge is 2.30. The summed E-state index contributed by atoms with van der Waals surface area (Å²) in [6.07, 6.45) is -4.34. The van der Waals surface area contributed by atoms with Gasteiger partial charge >= 0.3 is 6.18 Å². The fourth-order valence-electron chi connectivity index (χ4n) is 2.25. The second kappa shape index (κ2) is 7.16. The van der Waals surface area contributed by atoms with Gasteiger partial charge in [0.1, 0.15) is 0 Å². The Balaban J connectivity index is 2.01. The van der Waals surface area contributed by atoms with Gasteiger partial charge in [0.25, 0.3) is 0 Å². The van der Waals surface area contributed by atoms with Crippen molar-refractivity contribution in [2.45, 2.75) is 18.1 Å². The van der Waals surface area contributed by atoms with Gasteiger partial charge < -0.3 is 4.90 Å². The van der Waals surface area contributed by atoms with E-state index in [1.807, 2.05) is 42.3 Å². The molecule has 118 valence electrons. The number of rotatable bonds is 5. The molecule has 0 spiro atoms. The van der Waals surface area contributed by atoms with Crippen molar-refractivity contribution in [3.05, 3.63) is 71.3 Å². The molecular formula is C17H17ClF3N. The van der Waals surface area contributed by atoms with Crippen LogP contribution in [0.4, 0.5) is 13.2 Å². The molecule has 0 heterocycles. The van der Waals surface area contributed by atoms with E-state index in [2.05, 4.69) is 0 Å². The number of halogens is 4. The van der Waals surface area contributed by atoms with Gasteiger partial charge in [-0.1, -0.05) is 48.5 Å². The summed E-state index contributed by atoms with van der Waals surface area (Å²) in [5, 5.41) is -0.490. The third-order valence-corrected chi connectivity index (χ3v) is 3.73. The quantitative estimate of drug-likeness (QED) is 0.689. The predicted octanol–water partition coefficient (Wildman–Crippen LogP) is 5.12. The molecule has 2 aromatic carbocycles. The van der Waals surface area contributed by atoms with Crippen molar-refractivity contribution in [3.8, 4) is 0 Å². The van der Waals surface area contributed by atoms with Crippen molar-refractivity contribution >= 4 is 11.6 Å². The highest BCUT2D eigenvalue weighted by molar-refractivity contribution is 6.21. The van der Waals surface area contributed by atoms with E-state index >= 15 is 0 Å². The summed E-state index contributed by atoms with van der Waals surface area (Å²) in [4.78, 5) is 1.99. The fourth-order valence-corrected chi connectivity index (χ4v) is 2.62. The molecule has 0 aliphatic carbocycles. The molecule has 0 saturated carbocycles. The maximum Gasteiger partial charge on any atom is 0.416 e. The van der Waals surface area contributed by atoms with Crippen molar-refractivity contribution in [2.75, 3.05) is 13.6 Å². The zero-order valence-electron chi connectivity index (χ0n) is 12.1. The van der Waals surface area contributed by atoms with Crippen LogP contribution >= 0.6 is 11.6 Å². The van der Waals surface area contributed by atoms with Crippen LogP contribution in [0.25, 0.3) is 0 Å². The predicted molar refractivity (Wildman–Crippen MR) is 82.8 cm³/mol. The Morgan fingerprint density at radius 1 is 1.05 bits per heavy atom. The Hall–Kier alpha value is -1.52. The van der Waals surface area contributed by atoms with E-state index in [0.717, 1.165) is 17.7 Å². The number of nitrogens with zero attached hydrogens (tertiary/aromatic N) is 1. The molecule has 1 atom stereocenters. The number of alkyl halides is 4. The molecule has 1 nitrogen and oxygen atoms in total. The first-order valence-electron chi connectivity index (χ1n) is 6.90. The first kappa shape index (κ1) is 16.8. The molecule has 0 aliphatic heterocycles. The van der Waals surface area contributed by atoms with Gasteiger partial charge in [-0.15, -0.1) is 11.6 Å². The van der Waals surface area contributed by atoms with Crippen LogP contribution in [-0.4, -0.2) is 18.5 Å². The van der Waals surface area contributed by atoms with Gasteiger partial charge in [0, 0.05) is 13.1 Å². The molecule has 5 heteroatoms. The van der Waals surface area contributed by atoms with Crippen LogP contribution in [0.3, 0.4) is 0 Å². The van der Waals surface area contributed by atoms with Crippen LogP contribution in [0, 0.1) is 0 Å². The second-order valence-electron chi connectivity index (χ2n) is 5.27. The third kappa shape index (κ3) is 4.75. The Morgan fingerprint density at radius 2 is 1.73 bits per heavy atom. The van der Waals surface area contributed by atoms with Crippen LogP contribution in [0.2, 0.25) is 0 Å². The molecule has 0 fully saturated rings. The zero-order chi connectivity index (χ0) is 16.2. The highest BCUT2D eigenvalue weighted by Crippen LogP contribution is 2.32. The first-order valence-corrected chi connectivity index (χ1v) is 7.33. The Labute approximate surface area is 133 Å². The monoisotopic (exact) mass is 327 g/mol. The van der Waals surface area contributed by atoms with Gasteiger partial charge in [0.2, 0.25) is 0 Å². The van der Waals surface area contributed by atoms with Crippen LogP contribution in [0.1, 0.15) is 22.1 Å². The molecule has 0 saturated heterocycles. The lowest BCUT2D eigenvalue weighted by molar-refractivity contribution is -0.137. The van der Waals surface area contributed by atoms with Gasteiger partial charge in [-0.2, -0.15) is 13.2 Å². The minimum atomic E-state index is -4.34. The van der Waals surface area contributed by atoms with Gasteiger partial charge in [0.15, 0.2) is 0 Å². The van der Waals surface area contributed by atoms with Gasteiger partial charge in [-0.05, 0) is 24.2 Å². The zero-order valence-corrected chi connectivity index (χ0v) is 12.9. The van der Waals surface area contributed by atoms with E-state index in [1.54, 1.807) is 6.07 Å². The molecule has 2 rings (SSSR count). The van der Waals surface area contributed by atoms with Crippen molar-refractivity contribution in [1.29, 1.82) is 0 Å². The van der Waals surface area contributed by atoms with E-state index in [1.165, 1.54) is 6.07 Å². The van der Waals surface area contributed by atoms with E-state index < -0.39 is 17.1 Å². The molecule has 0 aliphatic rings. The summed E-state index contributed by atoms with van der Waals surface area (Å²) in [7, 11) is 1.90. The Morgan fingerprint density at radius 3 is 2.36 bits per heavy atom. The summed E-state index contributed by atoms with van der Waals surface area (Å²) in [5.74, 6) is 0. The lowest BCUT2D eigenvalue weighted by Gasteiger charge is -2.21. The lowest BCUT2D eigenvalue weighted by atomic mass is 10.1. The molecule has 22 heavy (non-hydrogen) atoms. The molecule has 0 unspecified atom stereocenters. The Bertz CT molecular complexity index is 598. The van der Waals surface area contributed by atoms with Gasteiger partial charge in [-0.3, -0.25) is 0 Å². The number of hydrogen-bond donors (Lipinski definition) is 0. The molecule has 0 N–H and O–H groups in total. The summed E-state index contributed by atoms with van der Waals surface area (Å²) in [6.45, 7) is 1.17. The topological polar surface area (TPSA) is 3.24 Å². The van der Waals surface area contributed by atoms with Crippen LogP contribution in [0.5, 0.6) is 0 Å². The van der Waals surface area contributed by atoms with E-state index in [4.69, 9.17) is 11.6 Å². The minimum absolute atomic E-state index is 0.470. The number of benzene rings is 2. The maximum absolute atomic E-state index is 12.7. The molecule has 0 radical (unpaired) electrons. The van der Waals surface area contributed by atoms with Crippen molar-refractivity contribution < 1.29 is 13.2 Å². The van der Waals surface area contributed by atoms with Crippen LogP contribution < -0.4 is 0 Å². The fraction of sp³-hybridized carbons (Fsp3) is 0.294. The van der Waals surface area contributed by atoms with Crippen molar-refractivity contribution in [3.63, 3.8) is 0 Å².